The second kappa shape index (κ2) is 39.0. The van der Waals surface area contributed by atoms with Crippen LogP contribution in [0.5, 0.6) is 28.7 Å². The number of esters is 1. The molecule has 0 fully saturated rings. The lowest BCUT2D eigenvalue weighted by Gasteiger charge is -2.48. The molecular weight excluding hydrogens is 1480 g/mol. The molecule has 1 aliphatic carbocycles. The van der Waals surface area contributed by atoms with E-state index < -0.39 is 102 Å². The van der Waals surface area contributed by atoms with Gasteiger partial charge >= 0.3 is 12.1 Å². The first-order valence-corrected chi connectivity index (χ1v) is 50.5. The standard InChI is InChI=1S/C87H128ClNO17Si4/c1-28-110(29-2,30-3)106-86(76(50-53-107(21,22)23)103-78-73(88)54-64(55-75(78)100-62-93-17)74(89-80(91)104-82(7,8)9)49-52-97-79(90)81(4,5)6)57-72(99-61-92-16)56-68(86)48-51-85(105-109(26,27)84(13,14)15,77(59-102-108(24,25)83(10,11)12)98-58-63-36-42-69(94-18)43-37-63)60-101-87(65-34-32-31-33-35-65,66-38-44-70(95-19)45-39-66)67-40-46-71(96-20)47-41-67/h31-47,54-56,72,74,76-77H,28-30,49,52,57-62H2,1-27H3,(H,89,91)/t72-,74+,76-,77+,85+,86-/m1/s1. The average Bonchev–Trinajstić information content (AvgIpc) is 1.34. The zero-order valence-corrected chi connectivity index (χ0v) is 75.7. The fourth-order valence-electron chi connectivity index (χ4n) is 12.1. The lowest BCUT2D eigenvalue weighted by Crippen LogP contribution is -2.60. The topological polar surface area (TPSA) is 185 Å². The first kappa shape index (κ1) is 92.4. The van der Waals surface area contributed by atoms with Crippen LogP contribution in [0.25, 0.3) is 0 Å². The Bertz CT molecular complexity index is 3870. The van der Waals surface area contributed by atoms with Gasteiger partial charge in [-0.2, -0.15) is 0 Å². The van der Waals surface area contributed by atoms with E-state index in [-0.39, 0.29) is 74.4 Å². The molecule has 0 aromatic heterocycles. The predicted octanol–water partition coefficient (Wildman–Crippen LogP) is 20.0. The summed E-state index contributed by atoms with van der Waals surface area (Å²) in [7, 11) is -3.03. The van der Waals surface area contributed by atoms with Crippen LogP contribution in [0.4, 0.5) is 4.79 Å². The number of methoxy groups -OCH3 is 5. The lowest BCUT2D eigenvalue weighted by atomic mass is 9.79. The van der Waals surface area contributed by atoms with E-state index in [0.29, 0.717) is 46.5 Å². The monoisotopic (exact) mass is 1610 g/mol. The Balaban J connectivity index is 1.85. The third-order valence-corrected chi connectivity index (χ3v) is 35.7. The average molecular weight is 1610 g/mol. The van der Waals surface area contributed by atoms with Gasteiger partial charge in [-0.05, 0) is 178 Å². The second-order valence-corrected chi connectivity index (χ2v) is 53.8. The first-order valence-electron chi connectivity index (χ1n) is 38.3. The molecule has 110 heavy (non-hydrogen) atoms. The number of halogens is 1. The number of ether oxygens (including phenoxy) is 12. The van der Waals surface area contributed by atoms with Gasteiger partial charge in [-0.3, -0.25) is 4.79 Å². The summed E-state index contributed by atoms with van der Waals surface area (Å²) in [4.78, 5) is 27.1. The molecule has 6 rings (SSSR count). The maximum atomic E-state index is 13.8. The molecule has 5 aromatic rings. The SMILES string of the molecule is CC[Si](CC)(CC)O[C@]1([C@@H](C#C[Si](C)(C)C)Oc2c(Cl)cc([C@H](CCOC(=O)C(C)(C)C)NC(=O)OC(C)(C)C)cc2OCOC)C[C@H](OCOC)C=C1C#C[C@@](COC(c1ccccc1)(c1ccc(OC)cc1)c1ccc(OC)cc1)(O[Si](C)(C)C(C)(C)C)[C@H](CO[Si](C)(C)C(C)(C)C)OCc1ccc(OC)cc1. The molecule has 1 aliphatic rings. The van der Waals surface area contributed by atoms with E-state index in [0.717, 1.165) is 22.3 Å². The van der Waals surface area contributed by atoms with E-state index in [9.17, 15) is 9.59 Å². The molecule has 1 N–H and O–H groups in total. The smallest absolute Gasteiger partial charge is 0.408 e. The van der Waals surface area contributed by atoms with Crippen LogP contribution in [0.3, 0.4) is 0 Å². The van der Waals surface area contributed by atoms with Gasteiger partial charge in [-0.15, -0.1) is 5.54 Å². The molecule has 6 atom stereocenters. The van der Waals surface area contributed by atoms with Crippen molar-refractivity contribution in [3.05, 3.63) is 160 Å². The Morgan fingerprint density at radius 2 is 1.21 bits per heavy atom. The van der Waals surface area contributed by atoms with Crippen LogP contribution < -0.4 is 29.0 Å². The zero-order chi connectivity index (χ0) is 82.0. The molecule has 0 unspecified atom stereocenters. The van der Waals surface area contributed by atoms with Crippen molar-refractivity contribution in [2.75, 3.05) is 69.0 Å². The molecule has 0 radical (unpaired) electrons. The molecule has 23 heteroatoms. The van der Waals surface area contributed by atoms with Crippen molar-refractivity contribution in [2.45, 2.75) is 244 Å². The number of rotatable bonds is 37. The van der Waals surface area contributed by atoms with Crippen molar-refractivity contribution >= 4 is 56.7 Å². The van der Waals surface area contributed by atoms with Gasteiger partial charge in [-0.1, -0.05) is 178 Å². The highest BCUT2D eigenvalue weighted by Crippen LogP contribution is 2.50. The minimum atomic E-state index is -3.15. The van der Waals surface area contributed by atoms with Crippen LogP contribution in [0, 0.1) is 28.7 Å². The number of benzene rings is 5. The van der Waals surface area contributed by atoms with Gasteiger partial charge in [0.15, 0.2) is 54.9 Å². The van der Waals surface area contributed by atoms with Crippen molar-refractivity contribution in [1.29, 1.82) is 0 Å². The molecule has 0 bridgehead atoms. The van der Waals surface area contributed by atoms with Crippen LogP contribution in [0.2, 0.25) is 79.1 Å². The molecule has 0 saturated heterocycles. The molecule has 0 spiro atoms. The zero-order valence-electron chi connectivity index (χ0n) is 71.0. The summed E-state index contributed by atoms with van der Waals surface area (Å²) in [6.45, 7) is 45.5. The molecule has 0 saturated carbocycles. The van der Waals surface area contributed by atoms with Crippen LogP contribution in [0.1, 0.15) is 151 Å². The summed E-state index contributed by atoms with van der Waals surface area (Å²) in [5.74, 6) is 13.6. The minimum Gasteiger partial charge on any atom is -0.497 e. The molecule has 5 aromatic carbocycles. The third kappa shape index (κ3) is 24.5. The Morgan fingerprint density at radius 1 is 0.673 bits per heavy atom. The van der Waals surface area contributed by atoms with Crippen molar-refractivity contribution < 1.29 is 79.7 Å². The lowest BCUT2D eigenvalue weighted by molar-refractivity contribution is -0.153. The molecule has 0 aliphatic heterocycles. The number of alkyl carbamates (subject to hydrolysis) is 1. The fourth-order valence-corrected chi connectivity index (χ4v) is 18.4. The van der Waals surface area contributed by atoms with Crippen molar-refractivity contribution in [3.8, 4) is 52.1 Å². The number of hydrogen-bond acceptors (Lipinski definition) is 17. The highest BCUT2D eigenvalue weighted by atomic mass is 35.5. The van der Waals surface area contributed by atoms with Crippen molar-refractivity contribution in [1.82, 2.24) is 5.32 Å². The summed E-state index contributed by atoms with van der Waals surface area (Å²) in [5, 5.41) is 2.44. The largest absolute Gasteiger partial charge is 0.497 e. The van der Waals surface area contributed by atoms with E-state index in [1.165, 1.54) is 7.11 Å². The number of hydrogen-bond donors (Lipinski definition) is 1. The quantitative estimate of drug-likeness (QED) is 0.0130. The summed E-state index contributed by atoms with van der Waals surface area (Å²) in [6, 6.07) is 38.7. The van der Waals surface area contributed by atoms with E-state index >= 15 is 0 Å². The van der Waals surface area contributed by atoms with Crippen LogP contribution in [0.15, 0.2) is 127 Å². The number of amides is 1. The van der Waals surface area contributed by atoms with Gasteiger partial charge in [-0.25, -0.2) is 4.79 Å². The van der Waals surface area contributed by atoms with Gasteiger partial charge in [0.1, 0.15) is 55.0 Å². The number of carbonyl (C=O) groups is 2. The summed E-state index contributed by atoms with van der Waals surface area (Å²) in [6.07, 6.45) is -1.31. The summed E-state index contributed by atoms with van der Waals surface area (Å²) < 4.78 is 101. The molecule has 1 amide bonds. The number of nitrogens with one attached hydrogen (secondary N) is 1. The number of carbonyl (C=O) groups excluding carboxylic acids is 2. The van der Waals surface area contributed by atoms with E-state index in [1.807, 2.05) is 97.1 Å². The van der Waals surface area contributed by atoms with Gasteiger partial charge in [0.2, 0.25) is 0 Å². The van der Waals surface area contributed by atoms with Crippen LogP contribution in [-0.4, -0.2) is 149 Å². The Kier molecular flexibility index (Phi) is 32.8. The van der Waals surface area contributed by atoms with Crippen LogP contribution >= 0.6 is 11.6 Å². The van der Waals surface area contributed by atoms with E-state index in [2.05, 4.69) is 149 Å². The van der Waals surface area contributed by atoms with Gasteiger partial charge < -0.3 is 75.4 Å². The molecule has 606 valence electrons. The predicted molar refractivity (Wildman–Crippen MR) is 449 cm³/mol. The summed E-state index contributed by atoms with van der Waals surface area (Å²) in [5.41, 5.74) is 1.64. The maximum Gasteiger partial charge on any atom is 0.408 e. The molecule has 18 nitrogen and oxygen atoms in total. The Morgan fingerprint density at radius 3 is 1.70 bits per heavy atom. The van der Waals surface area contributed by atoms with Crippen molar-refractivity contribution in [2.24, 2.45) is 5.41 Å². The van der Waals surface area contributed by atoms with Crippen LogP contribution in [-0.2, 0) is 63.4 Å². The molecule has 0 heterocycles. The first-order chi connectivity index (χ1) is 51.4. The minimum absolute atomic E-state index is 0.0307. The highest BCUT2D eigenvalue weighted by Gasteiger charge is 2.57. The molecular formula is C87H128ClNO17Si4. The maximum absolute atomic E-state index is 13.8. The van der Waals surface area contributed by atoms with E-state index in [1.54, 1.807) is 82.1 Å². The normalized spacial score (nSPS) is 16.7. The third-order valence-electron chi connectivity index (χ3n) is 20.9. The van der Waals surface area contributed by atoms with Crippen molar-refractivity contribution in [3.63, 3.8) is 0 Å². The Hall–Kier alpha value is -6.46. The summed E-state index contributed by atoms with van der Waals surface area (Å²) >= 11 is 7.75. The highest BCUT2D eigenvalue weighted by molar-refractivity contribution is 6.84. The van der Waals surface area contributed by atoms with Gasteiger partial charge in [0.05, 0.1) is 70.3 Å². The Labute approximate surface area is 668 Å². The van der Waals surface area contributed by atoms with Gasteiger partial charge in [0.25, 0.3) is 0 Å². The second-order valence-electron chi connectivity index (χ2n) is 34.4. The fraction of sp³-hybridized carbons (Fsp3) is 0.563. The van der Waals surface area contributed by atoms with Gasteiger partial charge in [0, 0.05) is 32.6 Å². The van der Waals surface area contributed by atoms with E-state index in [4.69, 9.17) is 81.7 Å².